The second-order valence-electron chi connectivity index (χ2n) is 30.0. The highest BCUT2D eigenvalue weighted by molar-refractivity contribution is 8.76. The molecule has 39 heteroatoms. The molecule has 650 valence electrons. The molecule has 0 aromatic rings. The van der Waals surface area contributed by atoms with Gasteiger partial charge >= 0.3 is 36.0 Å². The van der Waals surface area contributed by atoms with Crippen molar-refractivity contribution in [1.29, 1.82) is 5.41 Å². The van der Waals surface area contributed by atoms with E-state index >= 15 is 0 Å². The Bertz CT molecular complexity index is 3560. The molecule has 0 aromatic carbocycles. The predicted octanol–water partition coefficient (Wildman–Crippen LogP) is 2.94. The van der Waals surface area contributed by atoms with Gasteiger partial charge in [0, 0.05) is 83.4 Å². The lowest BCUT2D eigenvalue weighted by molar-refractivity contribution is -0.265. The second-order valence-corrected chi connectivity index (χ2v) is 32.6. The Kier molecular flexibility index (Phi) is 42.4. The first kappa shape index (κ1) is 99.5. The molecule has 4 rings (SSSR count). The number of cyclic esters (lactones) is 1. The minimum Gasteiger partial charge on any atom is -0.481 e. The molecule has 0 radical (unpaired) electrons. The summed E-state index contributed by atoms with van der Waals surface area (Å²) in [5.41, 5.74) is 6.26. The number of Topliss-reactive ketones (excluding diaryl/α,β-unsaturated/α-hetero) is 3. The monoisotopic (exact) mass is 1680 g/mol. The van der Waals surface area contributed by atoms with Crippen LogP contribution in [0.2, 0.25) is 0 Å². The summed E-state index contributed by atoms with van der Waals surface area (Å²) in [6.45, 7) is 12.4. The third-order valence-corrected chi connectivity index (χ3v) is 23.1. The van der Waals surface area contributed by atoms with Crippen LogP contribution in [0.4, 0.5) is 4.79 Å². The van der Waals surface area contributed by atoms with Crippen LogP contribution < -0.4 is 37.6 Å². The Labute approximate surface area is 681 Å². The van der Waals surface area contributed by atoms with Crippen molar-refractivity contribution < 1.29 is 136 Å². The van der Waals surface area contributed by atoms with Gasteiger partial charge in [-0.1, -0.05) is 92.7 Å². The van der Waals surface area contributed by atoms with Gasteiger partial charge in [0.25, 0.3) is 11.7 Å². The summed E-state index contributed by atoms with van der Waals surface area (Å²) in [7, 11) is 6.00. The number of carbonyl (C=O) groups excluding carboxylic acids is 11. The summed E-state index contributed by atoms with van der Waals surface area (Å²) in [5.74, 6) is -23.9. The van der Waals surface area contributed by atoms with Gasteiger partial charge in [0.05, 0.1) is 43.7 Å². The number of carbonyl (C=O) groups is 15. The number of hydrogen-bond donors (Lipinski definition) is 14. The average Bonchev–Trinajstić information content (AvgIpc) is 0.771. The van der Waals surface area contributed by atoms with Crippen molar-refractivity contribution in [2.75, 3.05) is 52.5 Å². The average molecular weight is 1680 g/mol. The van der Waals surface area contributed by atoms with Gasteiger partial charge in [-0.05, 0) is 120 Å². The first-order valence-electron chi connectivity index (χ1n) is 38.7. The lowest BCUT2D eigenvalue weighted by atomic mass is 9.78. The van der Waals surface area contributed by atoms with Crippen LogP contribution in [-0.2, 0) is 100 Å². The Morgan fingerprint density at radius 1 is 0.716 bits per heavy atom. The van der Waals surface area contributed by atoms with Gasteiger partial charge in [-0.15, -0.1) is 0 Å². The van der Waals surface area contributed by atoms with Gasteiger partial charge in [-0.3, -0.25) is 62.9 Å². The van der Waals surface area contributed by atoms with Crippen molar-refractivity contribution in [2.45, 2.75) is 249 Å². The largest absolute Gasteiger partial charge is 0.509 e. The highest BCUT2D eigenvalue weighted by Gasteiger charge is 2.53. The van der Waals surface area contributed by atoms with E-state index in [4.69, 9.17) is 44.3 Å². The third-order valence-electron chi connectivity index (χ3n) is 20.7. The van der Waals surface area contributed by atoms with Crippen molar-refractivity contribution in [3.63, 3.8) is 0 Å². The normalized spacial score (nSPS) is 28.6. The first-order valence-corrected chi connectivity index (χ1v) is 41.1. The number of rotatable bonds is 33. The van der Waals surface area contributed by atoms with E-state index < -0.39 is 235 Å². The van der Waals surface area contributed by atoms with Crippen molar-refractivity contribution >= 4 is 116 Å². The van der Waals surface area contributed by atoms with Crippen LogP contribution in [0.5, 0.6) is 0 Å². The number of carboxylic acids is 4. The molecule has 2 saturated heterocycles. The maximum absolute atomic E-state index is 14.8. The quantitative estimate of drug-likeness (QED) is 0.00854. The van der Waals surface area contributed by atoms with E-state index in [1.165, 1.54) is 34.3 Å². The number of hydrogen-bond acceptors (Lipinski definition) is 27. The zero-order chi connectivity index (χ0) is 86.8. The molecule has 15 N–H and O–H groups in total. The molecule has 1 aliphatic carbocycles. The molecule has 3 fully saturated rings. The molecule has 0 spiro atoms. The standard InChI is InChI=1S/C77H117N9O28S2/c1-40-18-13-12-14-19-41(2)58(108-9)34-49-24-22-46(7)77(107,114-49)67(97)72(102)86-27-16-15-21-55(86)74(105)112-59(43(4)32-48-23-25-56(88)60(33-48)109-10)38-57(89)42(3)31-45(6)65(66(110-11)64(96)44(5)30-40)113-76(106)111-28-29-115-116-39-54(73(103)104)85-71(101)53(37-63(94)95)84-70(100)52(36-62(92)93)83-68(98)50(20-17-26-80-75(78)79)82-69(99)51(35-61(90)91)81-47(8)87/h12-14,18-19,31,40,42-44,46,48-56,58-60,65-66,88,107H,15-17,20-30,32-39H2,1-11H3,(H,81,87)(H,82,99)(H,83,98)(H,84,100)(H,85,101)(H,90,91)(H,92,93)(H,94,95)(H,103,104)(H4,78,79,80)/b14-12+,18-13+,41-19+,45-31+/t40-,42-,43-,44-,46-,48+,49+,50+,51+,52+,53+,54+,55+,56-,58+,59+,60-,65-,66+,77-/m1/s1. The Morgan fingerprint density at radius 3 is 1.90 bits per heavy atom. The predicted molar refractivity (Wildman–Crippen MR) is 419 cm³/mol. The summed E-state index contributed by atoms with van der Waals surface area (Å²) in [5, 5.41) is 82.3. The topological polar surface area (TPSA) is 567 Å². The number of methoxy groups -OCH3 is 3. The number of aliphatic hydroxyl groups is 2. The number of nitrogens with two attached hydrogens (primary N) is 1. The maximum atomic E-state index is 14.8. The molecule has 3 heterocycles. The molecular formula is C77H117N9O28S2. The highest BCUT2D eigenvalue weighted by Crippen LogP contribution is 2.38. The summed E-state index contributed by atoms with van der Waals surface area (Å²) >= 11 is 0. The number of ketones is 3. The SMILES string of the molecule is CO[C@H]1C[C@@H]2CC[C@@H](C)[C@@](O)(O2)C(=O)C(=O)N2CCCC[C@H]2C(=O)O[C@H]([C@H](C)C[C@@H]2CC[C@@H](O)[C@H](OC)C2)CC(=O)[C@H](C)/C=C(\C)[C@@H](OC(=O)OCCSSC[C@H](NC(=O)[C@H](CC(=O)O)NC(=O)[C@H](CC(=O)O)NC(=O)[C@H](CCCNC(=N)N)NC(=O)[C@H](CC(=O)O)NC(C)=O)C(=O)O)[C@@H](OC)C(=O)[C@H](C)C[C@H](C)/C=C/C=C/C=C/1C. The summed E-state index contributed by atoms with van der Waals surface area (Å²) < 4.78 is 41.2. The Morgan fingerprint density at radius 2 is 1.32 bits per heavy atom. The van der Waals surface area contributed by atoms with E-state index in [9.17, 15) is 103 Å². The van der Waals surface area contributed by atoms with E-state index in [0.717, 1.165) is 39.0 Å². The van der Waals surface area contributed by atoms with Crippen LogP contribution >= 0.6 is 21.6 Å². The van der Waals surface area contributed by atoms with Crippen LogP contribution in [0.1, 0.15) is 165 Å². The zero-order valence-corrected chi connectivity index (χ0v) is 69.1. The minimum atomic E-state index is -2.55. The fraction of sp³-hybridized carbons (Fsp3) is 0.688. The fourth-order valence-electron chi connectivity index (χ4n) is 14.2. The van der Waals surface area contributed by atoms with Crippen LogP contribution in [0, 0.1) is 40.9 Å². The van der Waals surface area contributed by atoms with Gasteiger partial charge in [0.15, 0.2) is 24.0 Å². The number of amides is 6. The number of guanidine groups is 1. The Balaban J connectivity index is 1.60. The number of piperidine rings is 1. The van der Waals surface area contributed by atoms with E-state index in [1.54, 1.807) is 39.0 Å². The van der Waals surface area contributed by atoms with Crippen molar-refractivity contribution in [1.82, 2.24) is 36.8 Å². The summed E-state index contributed by atoms with van der Waals surface area (Å²) in [4.78, 5) is 203. The smallest absolute Gasteiger partial charge is 0.481 e. The number of nitrogens with zero attached hydrogens (tertiary/aromatic N) is 1. The molecular weight excluding hydrogens is 1560 g/mol. The number of nitrogens with one attached hydrogen (secondary N) is 7. The molecule has 0 unspecified atom stereocenters. The molecule has 3 aliphatic heterocycles. The fourth-order valence-corrected chi connectivity index (χ4v) is 16.2. The first-order chi connectivity index (χ1) is 54.6. The zero-order valence-electron chi connectivity index (χ0n) is 67.5. The van der Waals surface area contributed by atoms with Crippen LogP contribution in [-0.4, -0.2) is 268 Å². The number of allylic oxidation sites excluding steroid dienone is 6. The van der Waals surface area contributed by atoms with E-state index in [-0.39, 0.29) is 74.8 Å². The molecule has 116 heavy (non-hydrogen) atoms. The number of ether oxygens (including phenoxy) is 7. The van der Waals surface area contributed by atoms with Crippen molar-refractivity contribution in [3.05, 3.63) is 47.6 Å². The van der Waals surface area contributed by atoms with Crippen molar-refractivity contribution in [2.24, 2.45) is 41.2 Å². The third kappa shape index (κ3) is 32.6. The van der Waals surface area contributed by atoms with Gasteiger partial charge in [-0.2, -0.15) is 0 Å². The van der Waals surface area contributed by atoms with E-state index in [0.29, 0.717) is 51.4 Å². The van der Waals surface area contributed by atoms with Crippen LogP contribution in [0.25, 0.3) is 0 Å². The minimum absolute atomic E-state index is 0.0309. The number of aliphatic hydroxyl groups excluding tert-OH is 1. The maximum Gasteiger partial charge on any atom is 0.509 e. The number of esters is 1. The summed E-state index contributed by atoms with van der Waals surface area (Å²) in [6, 6.07) is -10.8. The van der Waals surface area contributed by atoms with Crippen LogP contribution in [0.15, 0.2) is 47.6 Å². The molecule has 0 aromatic heterocycles. The van der Waals surface area contributed by atoms with Gasteiger partial charge < -0.3 is 106 Å². The number of carboxylic acid groups (broad SMARTS) is 4. The second kappa shape index (κ2) is 49.4. The van der Waals surface area contributed by atoms with E-state index in [1.807, 2.05) is 38.2 Å². The number of fused-ring (bicyclic) bond motifs is 3. The van der Waals surface area contributed by atoms with Gasteiger partial charge in [0.1, 0.15) is 54.7 Å². The molecule has 6 amide bonds. The lowest BCUT2D eigenvalue weighted by Gasteiger charge is -2.42. The van der Waals surface area contributed by atoms with Crippen molar-refractivity contribution in [3.8, 4) is 0 Å². The molecule has 37 nitrogen and oxygen atoms in total. The Hall–Kier alpha value is -8.86. The lowest BCUT2D eigenvalue weighted by Crippen LogP contribution is -2.61. The van der Waals surface area contributed by atoms with Gasteiger partial charge in [-0.25, -0.2) is 14.4 Å². The van der Waals surface area contributed by atoms with E-state index in [2.05, 4.69) is 26.6 Å². The van der Waals surface area contributed by atoms with Crippen LogP contribution in [0.3, 0.4) is 0 Å². The summed E-state index contributed by atoms with van der Waals surface area (Å²) in [6.07, 6.45) is 2.58. The molecule has 2 bridgehead atoms. The van der Waals surface area contributed by atoms with Gasteiger partial charge in [0.2, 0.25) is 35.3 Å². The molecule has 4 aliphatic rings. The molecule has 1 saturated carbocycles. The molecule has 20 atom stereocenters. The highest BCUT2D eigenvalue weighted by atomic mass is 33.1. The number of aliphatic carboxylic acids is 4.